The van der Waals surface area contributed by atoms with Crippen molar-refractivity contribution in [2.45, 2.75) is 6.42 Å². The molecule has 0 aliphatic rings. The van der Waals surface area contributed by atoms with Crippen molar-refractivity contribution in [2.75, 3.05) is 6.54 Å². The maximum absolute atomic E-state index is 10.6. The molecule has 0 N–H and O–H groups in total. The summed E-state index contributed by atoms with van der Waals surface area (Å²) in [6, 6.07) is 4.91. The van der Waals surface area contributed by atoms with E-state index in [1.807, 2.05) is 0 Å². The summed E-state index contributed by atoms with van der Waals surface area (Å²) in [4.78, 5) is 13.3. The normalized spacial score (nSPS) is 9.43. The van der Waals surface area contributed by atoms with Gasteiger partial charge >= 0.3 is 0 Å². The Balaban J connectivity index is 2.96. The summed E-state index contributed by atoms with van der Waals surface area (Å²) in [5.41, 5.74) is 0.864. The zero-order valence-electron chi connectivity index (χ0n) is 7.24. The van der Waals surface area contributed by atoms with Gasteiger partial charge in [-0.2, -0.15) is 0 Å². The van der Waals surface area contributed by atoms with Gasteiger partial charge in [0.2, 0.25) is 6.54 Å². The number of benzene rings is 1. The van der Waals surface area contributed by atoms with Gasteiger partial charge in [0.05, 0.1) is 9.40 Å². The monoisotopic (exact) mass is 254 g/mol. The highest BCUT2D eigenvalue weighted by molar-refractivity contribution is 9.10. The summed E-state index contributed by atoms with van der Waals surface area (Å²) >= 11 is 3.10. The molecule has 0 aliphatic carbocycles. The van der Waals surface area contributed by atoms with Crippen molar-refractivity contribution < 1.29 is 4.92 Å². The summed E-state index contributed by atoms with van der Waals surface area (Å²) in [5, 5.41) is 10.6. The molecule has 72 valence electrons. The molecule has 1 rings (SSSR count). The lowest BCUT2D eigenvalue weighted by atomic mass is 10.1. The molecular weight excluding hydrogens is 248 g/mol. The van der Waals surface area contributed by atoms with Crippen molar-refractivity contribution in [3.63, 3.8) is 0 Å². The lowest BCUT2D eigenvalue weighted by Crippen LogP contribution is -1.93. The molecule has 4 nitrogen and oxygen atoms in total. The van der Waals surface area contributed by atoms with Crippen LogP contribution >= 0.6 is 15.9 Å². The van der Waals surface area contributed by atoms with Crippen molar-refractivity contribution >= 4 is 21.6 Å². The van der Waals surface area contributed by atoms with Gasteiger partial charge in [-0.1, -0.05) is 6.07 Å². The number of hydrogen-bond acceptors (Lipinski definition) is 2. The van der Waals surface area contributed by atoms with Gasteiger partial charge < -0.3 is 4.85 Å². The van der Waals surface area contributed by atoms with Crippen LogP contribution in [0.5, 0.6) is 0 Å². The fourth-order valence-electron chi connectivity index (χ4n) is 1.04. The van der Waals surface area contributed by atoms with Crippen LogP contribution in [0.25, 0.3) is 4.85 Å². The van der Waals surface area contributed by atoms with Gasteiger partial charge in [0, 0.05) is 12.5 Å². The summed E-state index contributed by atoms with van der Waals surface area (Å²) in [7, 11) is 0. The van der Waals surface area contributed by atoms with Crippen LogP contribution < -0.4 is 0 Å². The first kappa shape index (κ1) is 10.7. The standard InChI is InChI=1S/C9H7BrN2O2/c1-11-5-4-7-2-3-8(10)9(6-7)12(13)14/h2-3,6H,4-5H2. The third kappa shape index (κ3) is 2.54. The molecule has 0 amide bonds. The minimum atomic E-state index is -0.439. The van der Waals surface area contributed by atoms with Crippen LogP contribution in [0.3, 0.4) is 0 Å². The van der Waals surface area contributed by atoms with E-state index in [4.69, 9.17) is 6.57 Å². The average Bonchev–Trinajstić information content (AvgIpc) is 2.16. The predicted molar refractivity (Wildman–Crippen MR) is 56.0 cm³/mol. The molecule has 0 unspecified atom stereocenters. The number of nitrogens with zero attached hydrogens (tertiary/aromatic N) is 2. The molecule has 5 heteroatoms. The lowest BCUT2D eigenvalue weighted by molar-refractivity contribution is -0.385. The van der Waals surface area contributed by atoms with Crippen molar-refractivity contribution in [3.05, 3.63) is 49.8 Å². The zero-order chi connectivity index (χ0) is 10.6. The van der Waals surface area contributed by atoms with Crippen LogP contribution in [0.1, 0.15) is 5.56 Å². The highest BCUT2D eigenvalue weighted by Gasteiger charge is 2.12. The fraction of sp³-hybridized carbons (Fsp3) is 0.222. The molecule has 0 saturated heterocycles. The average molecular weight is 255 g/mol. The second-order valence-corrected chi connectivity index (χ2v) is 3.53. The van der Waals surface area contributed by atoms with E-state index < -0.39 is 4.92 Å². The number of halogens is 1. The highest BCUT2D eigenvalue weighted by atomic mass is 79.9. The quantitative estimate of drug-likeness (QED) is 0.473. The third-order valence-corrected chi connectivity index (χ3v) is 2.39. The molecule has 0 atom stereocenters. The molecule has 0 radical (unpaired) electrons. The predicted octanol–water partition coefficient (Wildman–Crippen LogP) is 2.82. The van der Waals surface area contributed by atoms with E-state index in [0.29, 0.717) is 17.4 Å². The molecular formula is C9H7BrN2O2. The van der Waals surface area contributed by atoms with E-state index in [9.17, 15) is 10.1 Å². The minimum absolute atomic E-state index is 0.0486. The van der Waals surface area contributed by atoms with E-state index >= 15 is 0 Å². The molecule has 0 saturated carbocycles. The van der Waals surface area contributed by atoms with Crippen LogP contribution in [0.2, 0.25) is 0 Å². The highest BCUT2D eigenvalue weighted by Crippen LogP contribution is 2.25. The van der Waals surface area contributed by atoms with Crippen LogP contribution in [-0.2, 0) is 6.42 Å². The van der Waals surface area contributed by atoms with Crippen molar-refractivity contribution in [2.24, 2.45) is 0 Å². The molecule has 1 aromatic rings. The van der Waals surface area contributed by atoms with E-state index in [1.165, 1.54) is 6.07 Å². The molecule has 14 heavy (non-hydrogen) atoms. The van der Waals surface area contributed by atoms with Gasteiger partial charge in [0.25, 0.3) is 5.69 Å². The van der Waals surface area contributed by atoms with Crippen molar-refractivity contribution in [1.29, 1.82) is 0 Å². The zero-order valence-corrected chi connectivity index (χ0v) is 8.82. The second-order valence-electron chi connectivity index (χ2n) is 2.67. The molecule has 0 aromatic heterocycles. The Labute approximate surface area is 89.6 Å². The van der Waals surface area contributed by atoms with Gasteiger partial charge in [-0.3, -0.25) is 10.1 Å². The van der Waals surface area contributed by atoms with Crippen LogP contribution in [0.4, 0.5) is 5.69 Å². The Morgan fingerprint density at radius 3 is 2.86 bits per heavy atom. The molecule has 0 heterocycles. The van der Waals surface area contributed by atoms with Gasteiger partial charge in [-0.15, -0.1) is 0 Å². The van der Waals surface area contributed by atoms with E-state index in [1.54, 1.807) is 12.1 Å². The maximum atomic E-state index is 10.6. The first-order valence-corrected chi connectivity index (χ1v) is 4.70. The molecule has 0 bridgehead atoms. The third-order valence-electron chi connectivity index (χ3n) is 1.72. The Morgan fingerprint density at radius 2 is 2.29 bits per heavy atom. The van der Waals surface area contributed by atoms with Gasteiger partial charge in [-0.25, -0.2) is 6.57 Å². The topological polar surface area (TPSA) is 47.5 Å². The Bertz CT molecular complexity index is 398. The number of nitro benzene ring substituents is 1. The Kier molecular flexibility index (Phi) is 3.60. The van der Waals surface area contributed by atoms with Gasteiger partial charge in [-0.05, 0) is 27.6 Å². The van der Waals surface area contributed by atoms with Crippen LogP contribution in [-0.4, -0.2) is 11.5 Å². The molecule has 0 fully saturated rings. The van der Waals surface area contributed by atoms with Crippen LogP contribution in [0, 0.1) is 16.7 Å². The van der Waals surface area contributed by atoms with Crippen molar-refractivity contribution in [3.8, 4) is 0 Å². The largest absolute Gasteiger partial charge is 0.317 e. The summed E-state index contributed by atoms with van der Waals surface area (Å²) in [6.07, 6.45) is 0.553. The minimum Gasteiger partial charge on any atom is -0.317 e. The molecule has 0 aliphatic heterocycles. The number of rotatable bonds is 3. The van der Waals surface area contributed by atoms with Crippen LogP contribution in [0.15, 0.2) is 22.7 Å². The second kappa shape index (κ2) is 4.72. The van der Waals surface area contributed by atoms with Gasteiger partial charge in [0.1, 0.15) is 0 Å². The maximum Gasteiger partial charge on any atom is 0.283 e. The van der Waals surface area contributed by atoms with Crippen molar-refractivity contribution in [1.82, 2.24) is 0 Å². The molecule has 0 spiro atoms. The first-order chi connectivity index (χ1) is 6.65. The Morgan fingerprint density at radius 1 is 1.57 bits per heavy atom. The van der Waals surface area contributed by atoms with Gasteiger partial charge in [0.15, 0.2) is 0 Å². The fourth-order valence-corrected chi connectivity index (χ4v) is 1.43. The first-order valence-electron chi connectivity index (χ1n) is 3.91. The number of nitro groups is 1. The lowest BCUT2D eigenvalue weighted by Gasteiger charge is -1.98. The van der Waals surface area contributed by atoms with E-state index in [0.717, 1.165) is 5.56 Å². The summed E-state index contributed by atoms with van der Waals surface area (Å²) < 4.78 is 0.467. The number of hydrogen-bond donors (Lipinski definition) is 0. The SMILES string of the molecule is [C-]#[N+]CCc1ccc(Br)c([N+](=O)[O-])c1. The van der Waals surface area contributed by atoms with E-state index in [2.05, 4.69) is 20.8 Å². The Hall–Kier alpha value is -1.41. The molecule has 1 aromatic carbocycles. The summed E-state index contributed by atoms with van der Waals surface area (Å²) in [6.45, 7) is 6.97. The van der Waals surface area contributed by atoms with E-state index in [-0.39, 0.29) is 5.69 Å². The smallest absolute Gasteiger partial charge is 0.283 e. The summed E-state index contributed by atoms with van der Waals surface area (Å²) in [5.74, 6) is 0.